The van der Waals surface area contributed by atoms with Gasteiger partial charge in [0.1, 0.15) is 5.82 Å². The number of nitrogens with zero attached hydrogens (tertiary/aromatic N) is 3. The standard InChI is InChI=1S/C13H12FN3O2S2/c14-8-1-4-10(5-2-8)21(18,19)17-9-3-6-12(17)13-11(7-9)15-16-20-13/h1-2,4-5,9,12H,3,6-7H2. The molecule has 5 nitrogen and oxygen atoms in total. The molecule has 110 valence electrons. The molecule has 3 heterocycles. The van der Waals surface area contributed by atoms with Crippen molar-refractivity contribution in [1.82, 2.24) is 13.9 Å². The predicted molar refractivity (Wildman–Crippen MR) is 74.8 cm³/mol. The van der Waals surface area contributed by atoms with Crippen LogP contribution < -0.4 is 0 Å². The summed E-state index contributed by atoms with van der Waals surface area (Å²) in [7, 11) is -3.62. The molecule has 0 N–H and O–H groups in total. The summed E-state index contributed by atoms with van der Waals surface area (Å²) in [5.74, 6) is -0.440. The van der Waals surface area contributed by atoms with E-state index < -0.39 is 15.8 Å². The summed E-state index contributed by atoms with van der Waals surface area (Å²) in [4.78, 5) is 1.09. The first kappa shape index (κ1) is 13.3. The van der Waals surface area contributed by atoms with Gasteiger partial charge in [0, 0.05) is 12.5 Å². The van der Waals surface area contributed by atoms with Crippen LogP contribution in [0, 0.1) is 5.82 Å². The first-order valence-electron chi connectivity index (χ1n) is 6.67. The van der Waals surface area contributed by atoms with E-state index in [9.17, 15) is 12.8 Å². The fraction of sp³-hybridized carbons (Fsp3) is 0.385. The van der Waals surface area contributed by atoms with E-state index in [0.29, 0.717) is 6.42 Å². The molecule has 0 spiro atoms. The molecular formula is C13H12FN3O2S2. The molecule has 1 aromatic carbocycles. The first-order valence-corrected chi connectivity index (χ1v) is 8.89. The predicted octanol–water partition coefficient (Wildman–Crippen LogP) is 2.13. The lowest BCUT2D eigenvalue weighted by atomic mass is 10.1. The van der Waals surface area contributed by atoms with Gasteiger partial charge in [0.05, 0.1) is 21.5 Å². The molecule has 2 aliphatic heterocycles. The van der Waals surface area contributed by atoms with E-state index in [1.807, 2.05) is 0 Å². The third kappa shape index (κ3) is 1.93. The summed E-state index contributed by atoms with van der Waals surface area (Å²) in [6.45, 7) is 0. The van der Waals surface area contributed by atoms with Crippen LogP contribution in [0.3, 0.4) is 0 Å². The van der Waals surface area contributed by atoms with Crippen LogP contribution in [0.5, 0.6) is 0 Å². The van der Waals surface area contributed by atoms with Crippen molar-refractivity contribution < 1.29 is 12.8 Å². The first-order chi connectivity index (χ1) is 10.1. The van der Waals surface area contributed by atoms with Crippen molar-refractivity contribution in [2.45, 2.75) is 36.2 Å². The van der Waals surface area contributed by atoms with Gasteiger partial charge in [-0.15, -0.1) is 5.10 Å². The minimum atomic E-state index is -3.62. The molecule has 2 atom stereocenters. The lowest BCUT2D eigenvalue weighted by Gasteiger charge is -2.32. The van der Waals surface area contributed by atoms with Gasteiger partial charge < -0.3 is 0 Å². The molecule has 2 aromatic rings. The second kappa shape index (κ2) is 4.56. The highest BCUT2D eigenvalue weighted by atomic mass is 32.2. The number of benzene rings is 1. The Kier molecular flexibility index (Phi) is 2.88. The van der Waals surface area contributed by atoms with Crippen LogP contribution in [-0.4, -0.2) is 28.4 Å². The zero-order chi connectivity index (χ0) is 14.6. The normalized spacial score (nSPS) is 25.0. The Morgan fingerprint density at radius 1 is 1.24 bits per heavy atom. The maximum absolute atomic E-state index is 13.0. The number of fused-ring (bicyclic) bond motifs is 4. The van der Waals surface area contributed by atoms with Gasteiger partial charge in [-0.3, -0.25) is 0 Å². The van der Waals surface area contributed by atoms with Gasteiger partial charge in [-0.2, -0.15) is 4.31 Å². The third-order valence-corrected chi connectivity index (χ3v) is 6.99. The molecule has 8 heteroatoms. The van der Waals surface area contributed by atoms with Crippen LogP contribution in [0.1, 0.15) is 29.5 Å². The Balaban J connectivity index is 1.79. The van der Waals surface area contributed by atoms with E-state index in [4.69, 9.17) is 0 Å². The lowest BCUT2D eigenvalue weighted by Crippen LogP contribution is -2.41. The topological polar surface area (TPSA) is 63.2 Å². The molecule has 1 aromatic heterocycles. The van der Waals surface area contributed by atoms with E-state index in [1.165, 1.54) is 35.8 Å². The number of halogens is 1. The van der Waals surface area contributed by atoms with Crippen molar-refractivity contribution in [2.24, 2.45) is 0 Å². The van der Waals surface area contributed by atoms with Crippen molar-refractivity contribution >= 4 is 21.6 Å². The maximum atomic E-state index is 13.0. The lowest BCUT2D eigenvalue weighted by molar-refractivity contribution is 0.305. The minimum absolute atomic E-state index is 0.0681. The average molecular weight is 325 g/mol. The van der Waals surface area contributed by atoms with E-state index in [-0.39, 0.29) is 17.0 Å². The molecule has 1 saturated heterocycles. The SMILES string of the molecule is O=S(=O)(c1ccc(F)cc1)N1C2CCC1c1snnc1C2. The molecule has 4 rings (SSSR count). The van der Waals surface area contributed by atoms with Gasteiger partial charge in [-0.05, 0) is 48.6 Å². The molecule has 0 saturated carbocycles. The summed E-state index contributed by atoms with van der Waals surface area (Å²) in [6, 6.07) is 4.77. The Bertz CT molecular complexity index is 788. The van der Waals surface area contributed by atoms with Gasteiger partial charge in [0.25, 0.3) is 0 Å². The second-order valence-electron chi connectivity index (χ2n) is 5.32. The Labute approximate surface area is 125 Å². The van der Waals surface area contributed by atoms with E-state index >= 15 is 0 Å². The molecule has 1 fully saturated rings. The molecule has 2 unspecified atom stereocenters. The van der Waals surface area contributed by atoms with Crippen LogP contribution in [0.25, 0.3) is 0 Å². The van der Waals surface area contributed by atoms with Gasteiger partial charge in [0.15, 0.2) is 0 Å². The fourth-order valence-corrected chi connectivity index (χ4v) is 5.94. The largest absolute Gasteiger partial charge is 0.243 e. The molecular weight excluding hydrogens is 313 g/mol. The third-order valence-electron chi connectivity index (χ3n) is 4.15. The van der Waals surface area contributed by atoms with Gasteiger partial charge in [-0.1, -0.05) is 4.49 Å². The summed E-state index contributed by atoms with van der Waals surface area (Å²) < 4.78 is 44.2. The number of aromatic nitrogens is 2. The highest BCUT2D eigenvalue weighted by Crippen LogP contribution is 2.47. The van der Waals surface area contributed by atoms with Crippen molar-refractivity contribution in [3.63, 3.8) is 0 Å². The van der Waals surface area contributed by atoms with Crippen LogP contribution in [0.4, 0.5) is 4.39 Å². The zero-order valence-corrected chi connectivity index (χ0v) is 12.6. The minimum Gasteiger partial charge on any atom is -0.207 e. The zero-order valence-electron chi connectivity index (χ0n) is 10.9. The fourth-order valence-electron chi connectivity index (χ4n) is 3.22. The summed E-state index contributed by atoms with van der Waals surface area (Å²) in [5, 5.41) is 4.10. The van der Waals surface area contributed by atoms with Crippen molar-refractivity contribution in [1.29, 1.82) is 0 Å². The van der Waals surface area contributed by atoms with Crippen LogP contribution in [0.15, 0.2) is 29.2 Å². The Morgan fingerprint density at radius 3 is 2.76 bits per heavy atom. The van der Waals surface area contributed by atoms with E-state index in [1.54, 1.807) is 4.31 Å². The summed E-state index contributed by atoms with van der Waals surface area (Å²) >= 11 is 1.28. The van der Waals surface area contributed by atoms with E-state index in [2.05, 4.69) is 9.59 Å². The van der Waals surface area contributed by atoms with Crippen LogP contribution >= 0.6 is 11.5 Å². The Morgan fingerprint density at radius 2 is 2.00 bits per heavy atom. The molecule has 21 heavy (non-hydrogen) atoms. The highest BCUT2D eigenvalue weighted by molar-refractivity contribution is 7.89. The van der Waals surface area contributed by atoms with Crippen LogP contribution in [-0.2, 0) is 16.4 Å². The van der Waals surface area contributed by atoms with Crippen molar-refractivity contribution in [3.05, 3.63) is 40.7 Å². The molecule has 0 aliphatic carbocycles. The number of hydrogen-bond acceptors (Lipinski definition) is 5. The molecule has 0 radical (unpaired) electrons. The number of rotatable bonds is 2. The van der Waals surface area contributed by atoms with Gasteiger partial charge >= 0.3 is 0 Å². The number of hydrogen-bond donors (Lipinski definition) is 0. The van der Waals surface area contributed by atoms with E-state index in [0.717, 1.165) is 23.4 Å². The van der Waals surface area contributed by atoms with Crippen LogP contribution in [0.2, 0.25) is 0 Å². The Hall–Kier alpha value is -1.38. The smallest absolute Gasteiger partial charge is 0.207 e. The van der Waals surface area contributed by atoms with Gasteiger partial charge in [0.2, 0.25) is 10.0 Å². The quantitative estimate of drug-likeness (QED) is 0.848. The molecule has 2 aliphatic rings. The highest BCUT2D eigenvalue weighted by Gasteiger charge is 2.48. The second-order valence-corrected chi connectivity index (χ2v) is 7.95. The number of sulfonamides is 1. The van der Waals surface area contributed by atoms with Gasteiger partial charge in [-0.25, -0.2) is 12.8 Å². The monoisotopic (exact) mass is 325 g/mol. The summed E-state index contributed by atoms with van der Waals surface area (Å²) in [6.07, 6.45) is 2.24. The van der Waals surface area contributed by atoms with Crippen molar-refractivity contribution in [2.75, 3.05) is 0 Å². The summed E-state index contributed by atoms with van der Waals surface area (Å²) in [5.41, 5.74) is 0.929. The molecule has 2 bridgehead atoms. The average Bonchev–Trinajstić information content (AvgIpc) is 3.05. The van der Waals surface area contributed by atoms with Crippen molar-refractivity contribution in [3.8, 4) is 0 Å². The molecule has 0 amide bonds. The maximum Gasteiger partial charge on any atom is 0.243 e.